The van der Waals surface area contributed by atoms with E-state index in [9.17, 15) is 4.79 Å². The summed E-state index contributed by atoms with van der Waals surface area (Å²) in [4.78, 5) is 23.6. The first-order valence-electron chi connectivity index (χ1n) is 11.1. The van der Waals surface area contributed by atoms with Crippen molar-refractivity contribution in [3.8, 4) is 0 Å². The minimum absolute atomic E-state index is 0. The molecule has 0 spiro atoms. The van der Waals surface area contributed by atoms with Crippen LogP contribution in [-0.2, 0) is 0 Å². The van der Waals surface area contributed by atoms with Crippen LogP contribution in [0.4, 0.5) is 5.82 Å². The van der Waals surface area contributed by atoms with Gasteiger partial charge in [0.2, 0.25) is 0 Å². The molecule has 1 aliphatic rings. The van der Waals surface area contributed by atoms with Gasteiger partial charge in [-0.1, -0.05) is 6.07 Å². The van der Waals surface area contributed by atoms with Gasteiger partial charge >= 0.3 is 0 Å². The number of aromatic nitrogens is 1. The van der Waals surface area contributed by atoms with E-state index in [2.05, 4.69) is 56.8 Å². The number of hydrogen-bond donors (Lipinski definition) is 3. The lowest BCUT2D eigenvalue weighted by Gasteiger charge is -2.33. The molecule has 1 saturated heterocycles. The van der Waals surface area contributed by atoms with Gasteiger partial charge in [0, 0.05) is 50.5 Å². The highest BCUT2D eigenvalue weighted by molar-refractivity contribution is 14.0. The quantitative estimate of drug-likeness (QED) is 0.201. The molecule has 1 aliphatic heterocycles. The molecule has 3 heterocycles. The first-order chi connectivity index (χ1) is 15.1. The van der Waals surface area contributed by atoms with Crippen molar-refractivity contribution in [2.75, 3.05) is 37.6 Å². The minimum Gasteiger partial charge on any atom is -0.459 e. The number of nitrogens with zero attached hydrogens (tertiary/aromatic N) is 3. The fraction of sp³-hybridized carbons (Fsp3) is 0.522. The second-order valence-corrected chi connectivity index (χ2v) is 7.90. The maximum atomic E-state index is 12.1. The standard InChI is InChI=1S/C23H34N6O2.HI/c1-4-24-23(26-12-5-11-25-22(30)21-18(3)10-15-31-21)28-19-8-13-29(14-9-19)20-7-6-17(2)16-27-20;/h6-7,10,15-16,19H,4-5,8-9,11-14H2,1-3H3,(H,25,30)(H2,24,26,28);1H. The van der Waals surface area contributed by atoms with Crippen LogP contribution in [-0.4, -0.2) is 55.6 Å². The molecule has 9 heteroatoms. The SMILES string of the molecule is CCNC(=NCCCNC(=O)c1occc1C)NC1CCN(c2ccc(C)cn2)CC1.I. The molecule has 1 amide bonds. The van der Waals surface area contributed by atoms with Gasteiger partial charge in [0.15, 0.2) is 11.7 Å². The Balaban J connectivity index is 0.00000363. The smallest absolute Gasteiger partial charge is 0.287 e. The first-order valence-corrected chi connectivity index (χ1v) is 11.1. The van der Waals surface area contributed by atoms with Crippen LogP contribution in [0.25, 0.3) is 0 Å². The molecule has 0 radical (unpaired) electrons. The van der Waals surface area contributed by atoms with Crippen molar-refractivity contribution in [2.45, 2.75) is 46.1 Å². The topological polar surface area (TPSA) is 94.8 Å². The second kappa shape index (κ2) is 13.3. The van der Waals surface area contributed by atoms with Gasteiger partial charge in [-0.05, 0) is 57.7 Å². The summed E-state index contributed by atoms with van der Waals surface area (Å²) in [5.41, 5.74) is 2.03. The summed E-state index contributed by atoms with van der Waals surface area (Å²) in [5.74, 6) is 2.09. The Morgan fingerprint density at radius 1 is 1.22 bits per heavy atom. The summed E-state index contributed by atoms with van der Waals surface area (Å²) in [6.07, 6.45) is 6.30. The van der Waals surface area contributed by atoms with Crippen molar-refractivity contribution in [2.24, 2.45) is 4.99 Å². The van der Waals surface area contributed by atoms with Gasteiger partial charge in [-0.2, -0.15) is 0 Å². The molecule has 0 unspecified atom stereocenters. The third-order valence-electron chi connectivity index (χ3n) is 5.36. The summed E-state index contributed by atoms with van der Waals surface area (Å²) < 4.78 is 5.21. The van der Waals surface area contributed by atoms with Gasteiger partial charge in [0.25, 0.3) is 5.91 Å². The predicted octanol–water partition coefficient (Wildman–Crippen LogP) is 3.25. The Morgan fingerprint density at radius 2 is 2.00 bits per heavy atom. The molecule has 0 bridgehead atoms. The van der Waals surface area contributed by atoms with Crippen molar-refractivity contribution in [1.82, 2.24) is 20.9 Å². The van der Waals surface area contributed by atoms with Crippen molar-refractivity contribution < 1.29 is 9.21 Å². The summed E-state index contributed by atoms with van der Waals surface area (Å²) in [7, 11) is 0. The third-order valence-corrected chi connectivity index (χ3v) is 5.36. The van der Waals surface area contributed by atoms with E-state index in [4.69, 9.17) is 4.42 Å². The predicted molar refractivity (Wildman–Crippen MR) is 139 cm³/mol. The molecule has 3 N–H and O–H groups in total. The minimum atomic E-state index is -0.175. The number of hydrogen-bond acceptors (Lipinski definition) is 5. The Morgan fingerprint density at radius 3 is 2.62 bits per heavy atom. The molecular weight excluding hydrogens is 519 g/mol. The normalized spacial score (nSPS) is 14.6. The number of anilines is 1. The van der Waals surface area contributed by atoms with Crippen molar-refractivity contribution >= 4 is 41.7 Å². The van der Waals surface area contributed by atoms with Crippen molar-refractivity contribution in [3.05, 3.63) is 47.5 Å². The summed E-state index contributed by atoms with van der Waals surface area (Å²) in [6.45, 7) is 9.95. The van der Waals surface area contributed by atoms with E-state index in [-0.39, 0.29) is 29.9 Å². The molecule has 8 nitrogen and oxygen atoms in total. The number of carbonyl (C=O) groups is 1. The van der Waals surface area contributed by atoms with Gasteiger partial charge in [-0.3, -0.25) is 9.79 Å². The van der Waals surface area contributed by atoms with E-state index < -0.39 is 0 Å². The number of furan rings is 1. The third kappa shape index (κ3) is 7.68. The molecule has 0 saturated carbocycles. The Hall–Kier alpha value is -2.30. The van der Waals surface area contributed by atoms with E-state index >= 15 is 0 Å². The van der Waals surface area contributed by atoms with Crippen LogP contribution in [0.3, 0.4) is 0 Å². The highest BCUT2D eigenvalue weighted by atomic mass is 127. The first kappa shape index (κ1) is 26.0. The zero-order chi connectivity index (χ0) is 22.1. The lowest BCUT2D eigenvalue weighted by atomic mass is 10.1. The van der Waals surface area contributed by atoms with Gasteiger partial charge in [0.05, 0.1) is 6.26 Å². The number of nitrogens with one attached hydrogen (secondary N) is 3. The molecule has 32 heavy (non-hydrogen) atoms. The van der Waals surface area contributed by atoms with E-state index in [1.165, 1.54) is 11.8 Å². The van der Waals surface area contributed by atoms with Crippen molar-refractivity contribution in [3.63, 3.8) is 0 Å². The van der Waals surface area contributed by atoms with Gasteiger partial charge in [-0.25, -0.2) is 4.98 Å². The highest BCUT2D eigenvalue weighted by Crippen LogP contribution is 2.18. The monoisotopic (exact) mass is 554 g/mol. The summed E-state index contributed by atoms with van der Waals surface area (Å²) in [6, 6.07) is 6.39. The Bertz CT molecular complexity index is 860. The molecule has 3 rings (SSSR count). The number of carbonyl (C=O) groups excluding carboxylic acids is 1. The van der Waals surface area contributed by atoms with E-state index in [0.717, 1.165) is 56.2 Å². The van der Waals surface area contributed by atoms with E-state index in [0.29, 0.717) is 24.9 Å². The van der Waals surface area contributed by atoms with Crippen LogP contribution in [0.15, 0.2) is 40.1 Å². The number of pyridine rings is 1. The molecule has 0 aromatic carbocycles. The molecule has 2 aromatic rings. The number of halogens is 1. The number of amides is 1. The molecule has 2 aromatic heterocycles. The maximum Gasteiger partial charge on any atom is 0.287 e. The van der Waals surface area contributed by atoms with Gasteiger partial charge in [-0.15, -0.1) is 24.0 Å². The van der Waals surface area contributed by atoms with Crippen LogP contribution in [0.2, 0.25) is 0 Å². The van der Waals surface area contributed by atoms with E-state index in [1.807, 2.05) is 13.1 Å². The van der Waals surface area contributed by atoms with Gasteiger partial charge in [0.1, 0.15) is 5.82 Å². The summed E-state index contributed by atoms with van der Waals surface area (Å²) in [5, 5.41) is 9.76. The molecular formula is C23H35IN6O2. The highest BCUT2D eigenvalue weighted by Gasteiger charge is 2.20. The van der Waals surface area contributed by atoms with Crippen LogP contribution < -0.4 is 20.9 Å². The average molecular weight is 554 g/mol. The molecule has 0 aliphatic carbocycles. The number of aryl methyl sites for hydroxylation is 2. The lowest BCUT2D eigenvalue weighted by molar-refractivity contribution is 0.0925. The number of guanidine groups is 1. The molecule has 0 atom stereocenters. The van der Waals surface area contributed by atoms with Crippen LogP contribution in [0.5, 0.6) is 0 Å². The average Bonchev–Trinajstić information content (AvgIpc) is 3.20. The van der Waals surface area contributed by atoms with Crippen LogP contribution in [0.1, 0.15) is 47.9 Å². The fourth-order valence-corrected chi connectivity index (χ4v) is 3.57. The summed E-state index contributed by atoms with van der Waals surface area (Å²) >= 11 is 0. The maximum absolute atomic E-state index is 12.1. The van der Waals surface area contributed by atoms with Crippen LogP contribution >= 0.6 is 24.0 Å². The lowest BCUT2D eigenvalue weighted by Crippen LogP contribution is -2.49. The largest absolute Gasteiger partial charge is 0.459 e. The Kier molecular flexibility index (Phi) is 10.8. The van der Waals surface area contributed by atoms with Crippen LogP contribution in [0, 0.1) is 13.8 Å². The number of piperidine rings is 1. The van der Waals surface area contributed by atoms with E-state index in [1.54, 1.807) is 6.07 Å². The molecule has 1 fully saturated rings. The van der Waals surface area contributed by atoms with Gasteiger partial charge < -0.3 is 25.3 Å². The second-order valence-electron chi connectivity index (χ2n) is 7.90. The van der Waals surface area contributed by atoms with Crippen molar-refractivity contribution in [1.29, 1.82) is 0 Å². The fourth-order valence-electron chi connectivity index (χ4n) is 3.57. The number of aliphatic imine (C=N–C) groups is 1. The Labute approximate surface area is 207 Å². The zero-order valence-corrected chi connectivity index (χ0v) is 21.5. The molecule has 176 valence electrons. The number of rotatable bonds is 8. The zero-order valence-electron chi connectivity index (χ0n) is 19.2.